The lowest BCUT2D eigenvalue weighted by Crippen LogP contribution is -2.04. The molecular weight excluding hydrogens is 361 g/mol. The van der Waals surface area contributed by atoms with Gasteiger partial charge in [-0.2, -0.15) is 16.8 Å². The van der Waals surface area contributed by atoms with Gasteiger partial charge in [-0.25, -0.2) is 4.18 Å². The molecule has 0 aliphatic carbocycles. The molecule has 0 amide bonds. The minimum Gasteiger partial charge on any atom is -0.264 e. The summed E-state index contributed by atoms with van der Waals surface area (Å²) in [5, 5.41) is 0. The largest absolute Gasteiger partial charge is 0.397 e. The van der Waals surface area contributed by atoms with Crippen LogP contribution in [0.25, 0.3) is 0 Å². The summed E-state index contributed by atoms with van der Waals surface area (Å²) >= 11 is 0. The maximum absolute atomic E-state index is 10.2. The zero-order chi connectivity index (χ0) is 17.5. The third-order valence-electron chi connectivity index (χ3n) is 2.73. The van der Waals surface area contributed by atoms with Crippen molar-refractivity contribution in [3.63, 3.8) is 0 Å². The maximum Gasteiger partial charge on any atom is 0.397 e. The molecule has 140 valence electrons. The molecule has 0 aromatic rings. The third-order valence-corrected chi connectivity index (χ3v) is 3.19. The second-order valence-electron chi connectivity index (χ2n) is 4.88. The highest BCUT2D eigenvalue weighted by molar-refractivity contribution is 7.80. The predicted molar refractivity (Wildman–Crippen MR) is 92.1 cm³/mol. The molecule has 0 spiro atoms. The Morgan fingerprint density at radius 1 is 0.696 bits per heavy atom. The van der Waals surface area contributed by atoms with Gasteiger partial charge in [-0.1, -0.05) is 64.7 Å². The summed E-state index contributed by atoms with van der Waals surface area (Å²) in [6, 6.07) is 0. The molecule has 0 saturated heterocycles. The van der Waals surface area contributed by atoms with Crippen molar-refractivity contribution in [3.8, 4) is 0 Å². The molecule has 11 heteroatoms. The van der Waals surface area contributed by atoms with Crippen LogP contribution < -0.4 is 0 Å². The summed E-state index contributed by atoms with van der Waals surface area (Å²) in [4.78, 5) is 0. The zero-order valence-corrected chi connectivity index (χ0v) is 14.6. The van der Waals surface area contributed by atoms with Crippen molar-refractivity contribution >= 4 is 43.9 Å². The standard InChI is InChI=1S/C12H26O4S.Mg.H2O4S.2H/c1-2-3-4-5-6-7-8-9-10-11-12-16-17(13,14)15;;1-5(2,3)4;;/h2-12H2,1H3,(H,13,14,15);;(H2,1,2,3,4);;. The Kier molecular flexibility index (Phi) is 21.3. The first-order valence-electron chi connectivity index (χ1n) is 7.38. The average molecular weight is 391 g/mol. The molecule has 8 nitrogen and oxygen atoms in total. The summed E-state index contributed by atoms with van der Waals surface area (Å²) in [5.41, 5.74) is 0. The molecule has 0 rings (SSSR count). The quantitative estimate of drug-likeness (QED) is 0.262. The van der Waals surface area contributed by atoms with Gasteiger partial charge in [0.15, 0.2) is 0 Å². The van der Waals surface area contributed by atoms with E-state index in [9.17, 15) is 8.42 Å². The molecule has 0 saturated carbocycles. The first kappa shape index (κ1) is 28.3. The van der Waals surface area contributed by atoms with Crippen molar-refractivity contribution in [3.05, 3.63) is 0 Å². The molecule has 0 aromatic heterocycles. The van der Waals surface area contributed by atoms with Crippen LogP contribution in [-0.4, -0.2) is 60.2 Å². The Balaban J connectivity index is -0.000000578. The molecule has 0 fully saturated rings. The van der Waals surface area contributed by atoms with Crippen molar-refractivity contribution in [1.82, 2.24) is 0 Å². The van der Waals surface area contributed by atoms with Gasteiger partial charge in [0.1, 0.15) is 0 Å². The van der Waals surface area contributed by atoms with Crippen molar-refractivity contribution in [1.29, 1.82) is 0 Å². The normalized spacial score (nSPS) is 11.3. The van der Waals surface area contributed by atoms with Crippen LogP contribution in [0.1, 0.15) is 71.1 Å². The predicted octanol–water partition coefficient (Wildman–Crippen LogP) is 2.16. The molecule has 0 aromatic carbocycles. The molecule has 0 heterocycles. The van der Waals surface area contributed by atoms with Crippen LogP contribution in [0, 0.1) is 0 Å². The van der Waals surface area contributed by atoms with Crippen LogP contribution in [0.5, 0.6) is 0 Å². The summed E-state index contributed by atoms with van der Waals surface area (Å²) in [5.74, 6) is 0. The smallest absolute Gasteiger partial charge is 0.264 e. The van der Waals surface area contributed by atoms with E-state index in [4.69, 9.17) is 22.1 Å². The van der Waals surface area contributed by atoms with Crippen LogP contribution in [0.2, 0.25) is 0 Å². The lowest BCUT2D eigenvalue weighted by atomic mass is 10.1. The molecule has 0 atom stereocenters. The minimum atomic E-state index is -4.67. The third kappa shape index (κ3) is 45.0. The SMILES string of the molecule is CCCCCCCCCCCCOS(=O)(=O)O.O=S(=O)(O)O.[MgH2]. The minimum absolute atomic E-state index is 0. The van der Waals surface area contributed by atoms with Crippen LogP contribution >= 0.6 is 0 Å². The Morgan fingerprint density at radius 3 is 1.30 bits per heavy atom. The van der Waals surface area contributed by atoms with Crippen molar-refractivity contribution in [2.45, 2.75) is 71.1 Å². The summed E-state index contributed by atoms with van der Waals surface area (Å²) in [7, 11) is -8.90. The van der Waals surface area contributed by atoms with Gasteiger partial charge in [0, 0.05) is 0 Å². The molecule has 0 aliphatic rings. The van der Waals surface area contributed by atoms with E-state index in [0.717, 1.165) is 12.8 Å². The average Bonchev–Trinajstić information content (AvgIpc) is 2.32. The lowest BCUT2D eigenvalue weighted by Gasteiger charge is -2.02. The van der Waals surface area contributed by atoms with Crippen LogP contribution in [0.15, 0.2) is 0 Å². The summed E-state index contributed by atoms with van der Waals surface area (Å²) < 4.78 is 64.6. The van der Waals surface area contributed by atoms with Gasteiger partial charge in [-0.15, -0.1) is 0 Å². The van der Waals surface area contributed by atoms with Gasteiger partial charge in [-0.05, 0) is 6.42 Å². The fourth-order valence-corrected chi connectivity index (χ4v) is 2.08. The van der Waals surface area contributed by atoms with E-state index in [1.165, 1.54) is 44.9 Å². The topological polar surface area (TPSA) is 138 Å². The molecule has 0 radical (unpaired) electrons. The van der Waals surface area contributed by atoms with E-state index in [0.29, 0.717) is 6.42 Å². The highest BCUT2D eigenvalue weighted by Gasteiger charge is 2.02. The Morgan fingerprint density at radius 2 is 1.00 bits per heavy atom. The number of unbranched alkanes of at least 4 members (excludes halogenated alkanes) is 9. The van der Waals surface area contributed by atoms with E-state index in [2.05, 4.69) is 11.1 Å². The van der Waals surface area contributed by atoms with E-state index in [1.54, 1.807) is 0 Å². The number of rotatable bonds is 12. The number of hydrogen-bond acceptors (Lipinski definition) is 5. The fourth-order valence-electron chi connectivity index (χ4n) is 1.75. The van der Waals surface area contributed by atoms with E-state index in [1.807, 2.05) is 0 Å². The van der Waals surface area contributed by atoms with Gasteiger partial charge >= 0.3 is 43.9 Å². The van der Waals surface area contributed by atoms with E-state index in [-0.39, 0.29) is 29.7 Å². The molecule has 0 unspecified atom stereocenters. The van der Waals surface area contributed by atoms with Gasteiger partial charge in [0.2, 0.25) is 0 Å². The van der Waals surface area contributed by atoms with Gasteiger partial charge in [0.25, 0.3) is 0 Å². The Labute approximate surface area is 156 Å². The Bertz CT molecular complexity index is 428. The summed E-state index contributed by atoms with van der Waals surface area (Å²) in [6.45, 7) is 2.31. The van der Waals surface area contributed by atoms with Crippen LogP contribution in [0.4, 0.5) is 0 Å². The molecular formula is C12H30MgO8S2. The first-order chi connectivity index (χ1) is 10.1. The van der Waals surface area contributed by atoms with Gasteiger partial charge < -0.3 is 0 Å². The van der Waals surface area contributed by atoms with Crippen LogP contribution in [0.3, 0.4) is 0 Å². The second kappa shape index (κ2) is 17.3. The van der Waals surface area contributed by atoms with Gasteiger partial charge in [-0.3, -0.25) is 13.7 Å². The Hall–Kier alpha value is 0.506. The molecule has 0 bridgehead atoms. The maximum atomic E-state index is 10.2. The van der Waals surface area contributed by atoms with Gasteiger partial charge in [0.05, 0.1) is 6.61 Å². The second-order valence-corrected chi connectivity index (χ2v) is 6.87. The highest BCUT2D eigenvalue weighted by atomic mass is 32.3. The zero-order valence-electron chi connectivity index (χ0n) is 13.0. The molecule has 23 heavy (non-hydrogen) atoms. The van der Waals surface area contributed by atoms with Crippen molar-refractivity contribution in [2.24, 2.45) is 0 Å². The monoisotopic (exact) mass is 390 g/mol. The summed E-state index contributed by atoms with van der Waals surface area (Å²) in [6.07, 6.45) is 11.9. The van der Waals surface area contributed by atoms with Crippen molar-refractivity contribution < 1.29 is 34.7 Å². The van der Waals surface area contributed by atoms with Crippen molar-refractivity contribution in [2.75, 3.05) is 6.61 Å². The van der Waals surface area contributed by atoms with Crippen LogP contribution in [-0.2, 0) is 25.0 Å². The lowest BCUT2D eigenvalue weighted by molar-refractivity contribution is 0.261. The fraction of sp³-hybridized carbons (Fsp3) is 1.00. The highest BCUT2D eigenvalue weighted by Crippen LogP contribution is 2.10. The molecule has 0 aliphatic heterocycles. The van der Waals surface area contributed by atoms with E-state index < -0.39 is 20.8 Å². The first-order valence-corrected chi connectivity index (χ1v) is 10.1. The number of hydrogen-bond donors (Lipinski definition) is 3. The van der Waals surface area contributed by atoms with E-state index >= 15 is 0 Å². The molecule has 3 N–H and O–H groups in total.